The Bertz CT molecular complexity index is 2040. The molecule has 1 aliphatic carbocycles. The summed E-state index contributed by atoms with van der Waals surface area (Å²) in [5.74, 6) is 1.02. The summed E-state index contributed by atoms with van der Waals surface area (Å²) in [7, 11) is -4.80. The number of benzene rings is 4. The number of amides is 3. The summed E-state index contributed by atoms with van der Waals surface area (Å²) < 4.78 is 79.3. The molecule has 1 fully saturated rings. The molecule has 1 heterocycles. The second-order valence-corrected chi connectivity index (χ2v) is 13.6. The second kappa shape index (κ2) is 12.3. The second-order valence-electron chi connectivity index (χ2n) is 12.0. The van der Waals surface area contributed by atoms with Gasteiger partial charge in [-0.25, -0.2) is 17.9 Å². The van der Waals surface area contributed by atoms with E-state index in [1.165, 1.54) is 0 Å². The van der Waals surface area contributed by atoms with Crippen LogP contribution >= 0.6 is 0 Å². The number of carbonyl (C=O) groups is 2. The molecule has 4 aromatic rings. The molecule has 0 unspecified atom stereocenters. The minimum absolute atomic E-state index is 0.192. The Balaban J connectivity index is 1.20. The van der Waals surface area contributed by atoms with Gasteiger partial charge >= 0.3 is 12.2 Å². The van der Waals surface area contributed by atoms with Crippen molar-refractivity contribution >= 4 is 38.4 Å². The lowest BCUT2D eigenvalue weighted by atomic mass is 9.99. The van der Waals surface area contributed by atoms with Gasteiger partial charge in [-0.1, -0.05) is 36.4 Å². The van der Waals surface area contributed by atoms with Gasteiger partial charge in [-0.3, -0.25) is 4.79 Å². The molecule has 48 heavy (non-hydrogen) atoms. The van der Waals surface area contributed by atoms with E-state index >= 15 is 0 Å². The molecular formula is C35H34F3N3O6S. The number of anilines is 1. The molecule has 4 aromatic carbocycles. The fourth-order valence-corrected chi connectivity index (χ4v) is 7.51. The first-order valence-electron chi connectivity index (χ1n) is 15.5. The number of aryl methyl sites for hydroxylation is 1. The Kier molecular flexibility index (Phi) is 8.52. The van der Waals surface area contributed by atoms with Crippen molar-refractivity contribution in [3.8, 4) is 11.5 Å². The zero-order valence-corrected chi connectivity index (χ0v) is 27.3. The molecule has 252 valence electrons. The highest BCUT2D eigenvalue weighted by atomic mass is 32.2. The molecule has 0 aromatic heterocycles. The quantitative estimate of drug-likeness (QED) is 0.189. The van der Waals surface area contributed by atoms with Crippen molar-refractivity contribution in [2.45, 2.75) is 63.2 Å². The number of hydrogen-bond acceptors (Lipinski definition) is 6. The van der Waals surface area contributed by atoms with Crippen molar-refractivity contribution in [2.24, 2.45) is 0 Å². The zero-order valence-electron chi connectivity index (χ0n) is 26.5. The normalized spacial score (nSPS) is 15.3. The molecule has 0 radical (unpaired) electrons. The lowest BCUT2D eigenvalue weighted by Gasteiger charge is -2.22. The van der Waals surface area contributed by atoms with Gasteiger partial charge in [-0.05, 0) is 92.4 Å². The third-order valence-corrected chi connectivity index (χ3v) is 9.99. The zero-order chi connectivity index (χ0) is 34.4. The molecular weight excluding hydrogens is 647 g/mol. The molecule has 0 saturated heterocycles. The van der Waals surface area contributed by atoms with Gasteiger partial charge in [0, 0.05) is 16.6 Å². The third kappa shape index (κ3) is 6.26. The van der Waals surface area contributed by atoms with Crippen LogP contribution in [0.1, 0.15) is 59.3 Å². The van der Waals surface area contributed by atoms with Crippen LogP contribution in [0.5, 0.6) is 11.5 Å². The molecule has 0 spiro atoms. The number of rotatable bonds is 10. The van der Waals surface area contributed by atoms with E-state index in [-0.39, 0.29) is 5.91 Å². The lowest BCUT2D eigenvalue weighted by molar-refractivity contribution is -0.139. The number of nitrogens with zero attached hydrogens (tertiary/aromatic N) is 1. The van der Waals surface area contributed by atoms with E-state index in [1.54, 1.807) is 9.62 Å². The van der Waals surface area contributed by atoms with Crippen LogP contribution in [-0.2, 0) is 29.2 Å². The fourth-order valence-electron chi connectivity index (χ4n) is 6.37. The van der Waals surface area contributed by atoms with Crippen LogP contribution in [0.25, 0.3) is 10.8 Å². The molecule has 13 heteroatoms. The van der Waals surface area contributed by atoms with Gasteiger partial charge in [0.2, 0.25) is 0 Å². The molecule has 2 N–H and O–H groups in total. The summed E-state index contributed by atoms with van der Waals surface area (Å²) in [6, 6.07) is 15.8. The summed E-state index contributed by atoms with van der Waals surface area (Å²) in [6.45, 7) is 6.83. The van der Waals surface area contributed by atoms with Gasteiger partial charge in [0.15, 0.2) is 0 Å². The predicted molar refractivity (Wildman–Crippen MR) is 174 cm³/mol. The largest absolute Gasteiger partial charge is 0.493 e. The number of urea groups is 1. The fraction of sp³-hybridized carbons (Fsp3) is 0.314. The summed E-state index contributed by atoms with van der Waals surface area (Å²) in [5, 5.41) is 4.44. The molecule has 3 amide bonds. The van der Waals surface area contributed by atoms with E-state index in [1.807, 2.05) is 63.2 Å². The SMILES string of the molecule is CCOc1cc2cccc(OCC)c2c2c1C(=O)N(c1ccc(CC3(NC(=O)NS(=O)(=O)c4ccccc4C(F)(F)F)CC3)cc1C)C2. The van der Waals surface area contributed by atoms with Crippen molar-refractivity contribution in [3.05, 3.63) is 94.5 Å². The Morgan fingerprint density at radius 3 is 2.33 bits per heavy atom. The number of hydrogen-bond donors (Lipinski definition) is 2. The average molecular weight is 682 g/mol. The number of halogens is 3. The molecule has 1 aliphatic heterocycles. The Morgan fingerprint density at radius 1 is 0.958 bits per heavy atom. The van der Waals surface area contributed by atoms with Gasteiger partial charge in [-0.15, -0.1) is 0 Å². The maximum absolute atomic E-state index is 13.9. The molecule has 0 atom stereocenters. The lowest BCUT2D eigenvalue weighted by Crippen LogP contribution is -2.47. The topological polar surface area (TPSA) is 114 Å². The molecule has 1 saturated carbocycles. The van der Waals surface area contributed by atoms with Gasteiger partial charge in [-0.2, -0.15) is 13.2 Å². The number of ether oxygens (including phenoxy) is 2. The van der Waals surface area contributed by atoms with Crippen LogP contribution in [0.15, 0.2) is 71.6 Å². The Morgan fingerprint density at radius 2 is 1.67 bits per heavy atom. The van der Waals surface area contributed by atoms with Gasteiger partial charge in [0.25, 0.3) is 15.9 Å². The first-order valence-corrected chi connectivity index (χ1v) is 17.0. The minimum Gasteiger partial charge on any atom is -0.493 e. The molecule has 2 aliphatic rings. The number of carbonyl (C=O) groups excluding carboxylic acids is 2. The predicted octanol–water partition coefficient (Wildman–Crippen LogP) is 6.89. The van der Waals surface area contributed by atoms with Crippen LogP contribution in [0.3, 0.4) is 0 Å². The summed E-state index contributed by atoms with van der Waals surface area (Å²) in [4.78, 5) is 27.4. The first kappa shape index (κ1) is 33.1. The highest BCUT2D eigenvalue weighted by molar-refractivity contribution is 7.90. The van der Waals surface area contributed by atoms with Crippen LogP contribution < -0.4 is 24.4 Å². The van der Waals surface area contributed by atoms with Crippen molar-refractivity contribution in [3.63, 3.8) is 0 Å². The summed E-state index contributed by atoms with van der Waals surface area (Å²) in [6.07, 6.45) is -3.46. The standard InChI is InChI=1S/C35H34F3N3O6S/c1-4-46-27-11-8-9-23-18-28(47-5-2)31-24(30(23)27)20-41(32(31)42)26-14-13-22(17-21(26)3)19-34(15-16-34)39-33(43)40-48(44,45)29-12-7-6-10-25(29)35(36,37)38/h6-14,17-18H,4-5,15-16,19-20H2,1-3H3,(H2,39,40,43). The van der Waals surface area contributed by atoms with E-state index in [4.69, 9.17) is 9.47 Å². The Labute approximate surface area is 276 Å². The number of alkyl halides is 3. The van der Waals surface area contributed by atoms with E-state index in [2.05, 4.69) is 5.32 Å². The molecule has 0 bridgehead atoms. The maximum Gasteiger partial charge on any atom is 0.417 e. The van der Waals surface area contributed by atoms with Gasteiger partial charge in [0.1, 0.15) is 11.5 Å². The van der Waals surface area contributed by atoms with Crippen LogP contribution in [-0.4, -0.2) is 39.1 Å². The molecule has 6 rings (SSSR count). The van der Waals surface area contributed by atoms with Crippen molar-refractivity contribution in [1.82, 2.24) is 10.0 Å². The van der Waals surface area contributed by atoms with Crippen molar-refractivity contribution in [1.29, 1.82) is 0 Å². The highest BCUT2D eigenvalue weighted by Gasteiger charge is 2.45. The number of fused-ring (bicyclic) bond motifs is 3. The Hall–Kier alpha value is -4.78. The van der Waals surface area contributed by atoms with E-state index < -0.39 is 38.2 Å². The third-order valence-electron chi connectivity index (χ3n) is 8.61. The summed E-state index contributed by atoms with van der Waals surface area (Å²) in [5.41, 5.74) is 1.55. The van der Waals surface area contributed by atoms with Gasteiger partial charge in [0.05, 0.1) is 35.8 Å². The average Bonchev–Trinajstić information content (AvgIpc) is 3.68. The number of nitrogens with one attached hydrogen (secondary N) is 2. The number of sulfonamides is 1. The monoisotopic (exact) mass is 681 g/mol. The summed E-state index contributed by atoms with van der Waals surface area (Å²) >= 11 is 0. The first-order chi connectivity index (χ1) is 22.8. The van der Waals surface area contributed by atoms with Crippen molar-refractivity contribution < 1.29 is 40.7 Å². The minimum atomic E-state index is -4.92. The molecule has 9 nitrogen and oxygen atoms in total. The van der Waals surface area contributed by atoms with Crippen LogP contribution in [0.4, 0.5) is 23.7 Å². The van der Waals surface area contributed by atoms with Crippen molar-refractivity contribution in [2.75, 3.05) is 18.1 Å². The smallest absolute Gasteiger partial charge is 0.417 e. The maximum atomic E-state index is 13.9. The van der Waals surface area contributed by atoms with Gasteiger partial charge < -0.3 is 19.7 Å². The highest BCUT2D eigenvalue weighted by Crippen LogP contribution is 2.44. The van der Waals surface area contributed by atoms with E-state index in [0.717, 1.165) is 45.7 Å². The van der Waals surface area contributed by atoms with E-state index in [9.17, 15) is 31.2 Å². The van der Waals surface area contributed by atoms with Crippen LogP contribution in [0.2, 0.25) is 0 Å². The van der Waals surface area contributed by atoms with Crippen LogP contribution in [0, 0.1) is 6.92 Å². The van der Waals surface area contributed by atoms with E-state index in [0.29, 0.717) is 67.8 Å².